The Balaban J connectivity index is 2.10. The van der Waals surface area contributed by atoms with Gasteiger partial charge in [0.1, 0.15) is 5.82 Å². The van der Waals surface area contributed by atoms with Crippen LogP contribution in [0.2, 0.25) is 0 Å². The summed E-state index contributed by atoms with van der Waals surface area (Å²) in [7, 11) is -3.13. The van der Waals surface area contributed by atoms with Gasteiger partial charge in [0.2, 0.25) is 10.0 Å². The molecule has 2 rings (SSSR count). The predicted molar refractivity (Wildman–Crippen MR) is 84.6 cm³/mol. The number of halogens is 1. The van der Waals surface area contributed by atoms with Crippen LogP contribution in [0.1, 0.15) is 12.8 Å². The van der Waals surface area contributed by atoms with E-state index >= 15 is 0 Å². The van der Waals surface area contributed by atoms with Gasteiger partial charge >= 0.3 is 0 Å². The van der Waals surface area contributed by atoms with E-state index in [0.717, 1.165) is 17.3 Å². The first-order valence-electron chi connectivity index (χ1n) is 6.18. The van der Waals surface area contributed by atoms with E-state index in [0.29, 0.717) is 24.1 Å². The molecule has 112 valence electrons. The Labute approximate surface area is 131 Å². The van der Waals surface area contributed by atoms with Crippen molar-refractivity contribution in [2.45, 2.75) is 24.0 Å². The second-order valence-corrected chi connectivity index (χ2v) is 8.27. The Hall–Kier alpha value is -0.380. The number of thioether (sulfide) groups is 1. The summed E-state index contributed by atoms with van der Waals surface area (Å²) >= 11 is 4.88. The molecule has 0 aliphatic carbocycles. The number of rotatable bonds is 4. The Kier molecular flexibility index (Phi) is 5.27. The van der Waals surface area contributed by atoms with E-state index < -0.39 is 10.0 Å². The van der Waals surface area contributed by atoms with E-state index in [9.17, 15) is 8.42 Å². The second-order valence-electron chi connectivity index (χ2n) is 4.66. The van der Waals surface area contributed by atoms with Crippen LogP contribution in [0.3, 0.4) is 0 Å². The molecule has 1 aromatic heterocycles. The fourth-order valence-corrected chi connectivity index (χ4v) is 3.66. The molecule has 1 aromatic rings. The number of anilines is 1. The number of hydrogen-bond donors (Lipinski definition) is 1. The normalized spacial score (nSPS) is 20.9. The summed E-state index contributed by atoms with van der Waals surface area (Å²) in [4.78, 5) is 8.56. The van der Waals surface area contributed by atoms with Gasteiger partial charge in [-0.3, -0.25) is 0 Å². The van der Waals surface area contributed by atoms with Crippen LogP contribution in [0.4, 0.5) is 5.82 Å². The van der Waals surface area contributed by atoms with Gasteiger partial charge in [0.25, 0.3) is 0 Å². The van der Waals surface area contributed by atoms with Gasteiger partial charge in [-0.1, -0.05) is 11.8 Å². The molecule has 0 radical (unpaired) electrons. The average Bonchev–Trinajstić information content (AvgIpc) is 2.41. The number of nitrogens with one attached hydrogen (secondary N) is 1. The highest BCUT2D eigenvalue weighted by molar-refractivity contribution is 9.10. The minimum atomic E-state index is -3.13. The highest BCUT2D eigenvalue weighted by Gasteiger charge is 2.26. The van der Waals surface area contributed by atoms with Crippen molar-refractivity contribution in [3.8, 4) is 0 Å². The summed E-state index contributed by atoms with van der Waals surface area (Å²) in [6.07, 6.45) is 6.65. The van der Waals surface area contributed by atoms with Gasteiger partial charge in [-0.05, 0) is 35.0 Å². The van der Waals surface area contributed by atoms with Crippen LogP contribution in [0.15, 0.2) is 15.8 Å². The molecule has 0 amide bonds. The molecule has 0 bridgehead atoms. The third-order valence-electron chi connectivity index (χ3n) is 3.10. The Bertz CT molecular complexity index is 582. The van der Waals surface area contributed by atoms with Crippen LogP contribution in [0, 0.1) is 0 Å². The largest absolute Gasteiger partial charge is 0.365 e. The quantitative estimate of drug-likeness (QED) is 0.633. The summed E-state index contributed by atoms with van der Waals surface area (Å²) in [5.41, 5.74) is 0. The van der Waals surface area contributed by atoms with Crippen molar-refractivity contribution in [2.75, 3.05) is 30.9 Å². The molecule has 0 aromatic carbocycles. The zero-order chi connectivity index (χ0) is 14.8. The lowest BCUT2D eigenvalue weighted by atomic mass is 10.1. The van der Waals surface area contributed by atoms with Crippen molar-refractivity contribution in [3.05, 3.63) is 10.7 Å². The van der Waals surface area contributed by atoms with Gasteiger partial charge in [-0.25, -0.2) is 22.7 Å². The SMILES string of the molecule is CSc1ncc(Br)c(N[C@H]2CCCN(S(C)(=O)=O)C2)n1. The minimum absolute atomic E-state index is 0.0689. The van der Waals surface area contributed by atoms with Gasteiger partial charge in [-0.15, -0.1) is 0 Å². The van der Waals surface area contributed by atoms with Crippen molar-refractivity contribution >= 4 is 43.5 Å². The third kappa shape index (κ3) is 4.06. The maximum Gasteiger partial charge on any atom is 0.211 e. The van der Waals surface area contributed by atoms with Gasteiger partial charge in [0, 0.05) is 25.3 Å². The van der Waals surface area contributed by atoms with Crippen molar-refractivity contribution in [2.24, 2.45) is 0 Å². The molecule has 0 unspecified atom stereocenters. The van der Waals surface area contributed by atoms with Crippen molar-refractivity contribution in [3.63, 3.8) is 0 Å². The summed E-state index contributed by atoms with van der Waals surface area (Å²) in [6.45, 7) is 1.07. The first kappa shape index (κ1) is 16.0. The highest BCUT2D eigenvalue weighted by atomic mass is 79.9. The molecule has 1 atom stereocenters. The van der Waals surface area contributed by atoms with E-state index in [1.165, 1.54) is 22.3 Å². The molecule has 1 saturated heterocycles. The smallest absolute Gasteiger partial charge is 0.211 e. The standard InChI is InChI=1S/C11H17BrN4O2S2/c1-19-11-13-6-9(12)10(15-11)14-8-4-3-5-16(7-8)20(2,17)18/h6,8H,3-5,7H2,1-2H3,(H,13,14,15)/t8-/m0/s1. The summed E-state index contributed by atoms with van der Waals surface area (Å²) < 4.78 is 25.5. The van der Waals surface area contributed by atoms with Crippen molar-refractivity contribution < 1.29 is 8.42 Å². The van der Waals surface area contributed by atoms with Crippen LogP contribution in [0.5, 0.6) is 0 Å². The fraction of sp³-hybridized carbons (Fsp3) is 0.636. The average molecular weight is 381 g/mol. The zero-order valence-electron chi connectivity index (χ0n) is 11.3. The zero-order valence-corrected chi connectivity index (χ0v) is 14.6. The molecule has 1 N–H and O–H groups in total. The minimum Gasteiger partial charge on any atom is -0.365 e. The topological polar surface area (TPSA) is 75.2 Å². The number of aromatic nitrogens is 2. The van der Waals surface area contributed by atoms with Crippen molar-refractivity contribution in [1.82, 2.24) is 14.3 Å². The second kappa shape index (κ2) is 6.59. The van der Waals surface area contributed by atoms with Crippen LogP contribution in [0.25, 0.3) is 0 Å². The van der Waals surface area contributed by atoms with Gasteiger partial charge in [0.15, 0.2) is 5.16 Å². The number of hydrogen-bond acceptors (Lipinski definition) is 6. The lowest BCUT2D eigenvalue weighted by Gasteiger charge is -2.31. The number of piperidine rings is 1. The van der Waals surface area contributed by atoms with Crippen molar-refractivity contribution in [1.29, 1.82) is 0 Å². The van der Waals surface area contributed by atoms with Crippen LogP contribution in [-0.4, -0.2) is 54.3 Å². The van der Waals surface area contributed by atoms with Gasteiger partial charge in [-0.2, -0.15) is 0 Å². The monoisotopic (exact) mass is 380 g/mol. The van der Waals surface area contributed by atoms with Gasteiger partial charge in [0.05, 0.1) is 10.7 Å². The van der Waals surface area contributed by atoms with E-state index in [2.05, 4.69) is 31.2 Å². The molecule has 1 aliphatic rings. The number of sulfonamides is 1. The first-order chi connectivity index (χ1) is 9.40. The van der Waals surface area contributed by atoms with Gasteiger partial charge < -0.3 is 5.32 Å². The summed E-state index contributed by atoms with van der Waals surface area (Å²) in [5.74, 6) is 0.713. The lowest BCUT2D eigenvalue weighted by Crippen LogP contribution is -2.44. The molecular weight excluding hydrogens is 364 g/mol. The van der Waals surface area contributed by atoms with Crippen LogP contribution in [-0.2, 0) is 10.0 Å². The molecule has 0 saturated carbocycles. The lowest BCUT2D eigenvalue weighted by molar-refractivity contribution is 0.328. The molecule has 9 heteroatoms. The maximum absolute atomic E-state index is 11.6. The summed E-state index contributed by atoms with van der Waals surface area (Å²) in [6, 6.07) is 0.0689. The number of nitrogens with zero attached hydrogens (tertiary/aromatic N) is 3. The molecule has 6 nitrogen and oxygen atoms in total. The molecule has 2 heterocycles. The molecule has 1 fully saturated rings. The van der Waals surface area contributed by atoms with E-state index in [1.807, 2.05) is 6.26 Å². The van der Waals surface area contributed by atoms with E-state index in [1.54, 1.807) is 6.20 Å². The molecule has 1 aliphatic heterocycles. The van der Waals surface area contributed by atoms with Crippen LogP contribution < -0.4 is 5.32 Å². The first-order valence-corrected chi connectivity index (χ1v) is 10.0. The van der Waals surface area contributed by atoms with E-state index in [4.69, 9.17) is 0 Å². The predicted octanol–water partition coefficient (Wildman–Crippen LogP) is 1.80. The Morgan fingerprint density at radius 1 is 1.55 bits per heavy atom. The third-order valence-corrected chi connectivity index (χ3v) is 5.51. The molecule has 0 spiro atoms. The van der Waals surface area contributed by atoms with Crippen LogP contribution >= 0.6 is 27.7 Å². The summed E-state index contributed by atoms with van der Waals surface area (Å²) in [5, 5.41) is 4.00. The molecular formula is C11H17BrN4O2S2. The Morgan fingerprint density at radius 3 is 2.95 bits per heavy atom. The Morgan fingerprint density at radius 2 is 2.30 bits per heavy atom. The highest BCUT2D eigenvalue weighted by Crippen LogP contribution is 2.24. The van der Waals surface area contributed by atoms with E-state index in [-0.39, 0.29) is 6.04 Å². The maximum atomic E-state index is 11.6. The fourth-order valence-electron chi connectivity index (χ4n) is 2.11. The molecule has 20 heavy (non-hydrogen) atoms.